The van der Waals surface area contributed by atoms with Crippen LogP contribution in [0.25, 0.3) is 0 Å². The van der Waals surface area contributed by atoms with Crippen LogP contribution in [0.15, 0.2) is 58.4 Å². The molecule has 13 heteroatoms. The molecular weight excluding hydrogens is 640 g/mol. The van der Waals surface area contributed by atoms with Crippen molar-refractivity contribution in [3.05, 3.63) is 74.2 Å². The van der Waals surface area contributed by atoms with Gasteiger partial charge in [-0.1, -0.05) is 35.6 Å². The fourth-order valence-corrected chi connectivity index (χ4v) is 11.6. The van der Waals surface area contributed by atoms with Crippen molar-refractivity contribution in [3.8, 4) is 5.75 Å². The number of benzene rings is 2. The maximum absolute atomic E-state index is 14.0. The van der Waals surface area contributed by atoms with Crippen LogP contribution in [0.5, 0.6) is 5.75 Å². The molecule has 1 aromatic heterocycles. The van der Waals surface area contributed by atoms with E-state index >= 15 is 0 Å². The molecule has 1 N–H and O–H groups in total. The third-order valence-electron chi connectivity index (χ3n) is 10.5. The molecule has 4 heterocycles. The highest BCUT2D eigenvalue weighted by Crippen LogP contribution is 2.69. The number of anilines is 1. The summed E-state index contributed by atoms with van der Waals surface area (Å²) in [7, 11) is 0. The number of hydrogen-bond acceptors (Lipinski definition) is 7. The minimum Gasteiger partial charge on any atom is -0.484 e. The highest BCUT2D eigenvalue weighted by atomic mass is 32.2. The molecule has 3 aliphatic heterocycles. The molecule has 3 aromatic rings. The molecule has 46 heavy (non-hydrogen) atoms. The summed E-state index contributed by atoms with van der Waals surface area (Å²) >= 11 is 2.63. The van der Waals surface area contributed by atoms with Crippen molar-refractivity contribution in [2.45, 2.75) is 48.1 Å². The van der Waals surface area contributed by atoms with Crippen LogP contribution in [0.3, 0.4) is 0 Å². The van der Waals surface area contributed by atoms with Gasteiger partial charge in [0.25, 0.3) is 5.91 Å². The molecule has 7 atom stereocenters. The number of rotatable bonds is 5. The Bertz CT molecular complexity index is 1800. The minimum absolute atomic E-state index is 0.0643. The first-order valence-corrected chi connectivity index (χ1v) is 17.3. The maximum atomic E-state index is 14.0. The number of aromatic nitrogens is 1. The first kappa shape index (κ1) is 29.8. The number of thioether (sulfide) groups is 1. The van der Waals surface area contributed by atoms with Crippen molar-refractivity contribution < 1.29 is 32.3 Å². The van der Waals surface area contributed by atoms with Crippen molar-refractivity contribution in [1.82, 2.24) is 9.88 Å². The van der Waals surface area contributed by atoms with Gasteiger partial charge in [0, 0.05) is 29.1 Å². The molecular formula is C33H30F3N3O5S2. The van der Waals surface area contributed by atoms with Gasteiger partial charge in [0.15, 0.2) is 6.61 Å². The Morgan fingerprint density at radius 1 is 0.957 bits per heavy atom. The summed E-state index contributed by atoms with van der Waals surface area (Å²) in [4.78, 5) is 59.4. The summed E-state index contributed by atoms with van der Waals surface area (Å²) in [5.41, 5.74) is -0.558. The van der Waals surface area contributed by atoms with Gasteiger partial charge < -0.3 is 14.6 Å². The Morgan fingerprint density at radius 3 is 2.46 bits per heavy atom. The standard InChI is InChI=1S/C33H30F3N3O5S2/c34-33(35,36)20-9-2-3-10-21(20)39-30(41)25-18-14-19(26(25)31(39)42)27-24(18)23(28-29(45-27)37-32(43)46-28)16-7-6-8-17(13-16)44-15-22(40)38-11-4-1-5-12-38/h2-3,6-10,13,18-19,23-27H,1,4-5,11-12,14-15H2,(H,37,43)/t18-,19-,23+,24-,25+,26+,27-/m1/s1. The highest BCUT2D eigenvalue weighted by molar-refractivity contribution is 8.00. The second kappa shape index (κ2) is 11.0. The van der Waals surface area contributed by atoms with Crippen LogP contribution in [0.1, 0.15) is 47.6 Å². The molecule has 2 aliphatic carbocycles. The van der Waals surface area contributed by atoms with Crippen LogP contribution in [-0.2, 0) is 20.6 Å². The van der Waals surface area contributed by atoms with Gasteiger partial charge in [-0.15, -0.1) is 11.8 Å². The average Bonchev–Trinajstić information content (AvgIpc) is 3.78. The van der Waals surface area contributed by atoms with E-state index in [1.807, 2.05) is 23.1 Å². The van der Waals surface area contributed by atoms with E-state index in [4.69, 9.17) is 4.74 Å². The third-order valence-corrected chi connectivity index (χ3v) is 13.1. The highest BCUT2D eigenvalue weighted by Gasteiger charge is 2.70. The molecule has 8 nitrogen and oxygen atoms in total. The zero-order chi connectivity index (χ0) is 31.9. The van der Waals surface area contributed by atoms with Crippen LogP contribution >= 0.6 is 23.1 Å². The van der Waals surface area contributed by atoms with Gasteiger partial charge >= 0.3 is 11.0 Å². The number of ether oxygens (including phenoxy) is 1. The van der Waals surface area contributed by atoms with E-state index in [2.05, 4.69) is 4.98 Å². The number of para-hydroxylation sites is 1. The van der Waals surface area contributed by atoms with Gasteiger partial charge in [-0.05, 0) is 73.3 Å². The van der Waals surface area contributed by atoms with Crippen molar-refractivity contribution in [2.24, 2.45) is 29.6 Å². The Hall–Kier alpha value is -3.58. The van der Waals surface area contributed by atoms with E-state index in [1.165, 1.54) is 30.0 Å². The van der Waals surface area contributed by atoms with Gasteiger partial charge in [0.05, 0.1) is 28.1 Å². The summed E-state index contributed by atoms with van der Waals surface area (Å²) < 4.78 is 47.8. The van der Waals surface area contributed by atoms with Crippen LogP contribution < -0.4 is 14.5 Å². The first-order chi connectivity index (χ1) is 22.1. The lowest BCUT2D eigenvalue weighted by atomic mass is 9.68. The molecule has 2 aromatic carbocycles. The van der Waals surface area contributed by atoms with Crippen LogP contribution in [0.2, 0.25) is 0 Å². The van der Waals surface area contributed by atoms with E-state index in [1.54, 1.807) is 6.07 Å². The van der Waals surface area contributed by atoms with Crippen LogP contribution in [-0.4, -0.2) is 52.6 Å². The summed E-state index contributed by atoms with van der Waals surface area (Å²) in [6.07, 6.45) is -1.04. The smallest absolute Gasteiger partial charge is 0.418 e. The van der Waals surface area contributed by atoms with Gasteiger partial charge in [-0.2, -0.15) is 13.2 Å². The molecule has 2 saturated carbocycles. The molecule has 2 saturated heterocycles. The molecule has 0 radical (unpaired) electrons. The van der Waals surface area contributed by atoms with Gasteiger partial charge in [0.2, 0.25) is 11.8 Å². The molecule has 8 rings (SSSR count). The monoisotopic (exact) mass is 669 g/mol. The fourth-order valence-electron chi connectivity index (χ4n) is 8.71. The predicted octanol–water partition coefficient (Wildman–Crippen LogP) is 5.52. The van der Waals surface area contributed by atoms with Gasteiger partial charge in [0.1, 0.15) is 5.75 Å². The van der Waals surface area contributed by atoms with E-state index < -0.39 is 41.1 Å². The number of H-pyrrole nitrogens is 1. The quantitative estimate of drug-likeness (QED) is 0.359. The molecule has 0 spiro atoms. The second-order valence-electron chi connectivity index (χ2n) is 12.8. The summed E-state index contributed by atoms with van der Waals surface area (Å²) in [6.45, 7) is 1.37. The zero-order valence-corrected chi connectivity index (χ0v) is 26.1. The summed E-state index contributed by atoms with van der Waals surface area (Å²) in [6, 6.07) is 12.2. The number of imide groups is 1. The molecule has 5 aliphatic rings. The van der Waals surface area contributed by atoms with Crippen molar-refractivity contribution in [1.29, 1.82) is 0 Å². The zero-order valence-electron chi connectivity index (χ0n) is 24.5. The second-order valence-corrected chi connectivity index (χ2v) is 15.0. The van der Waals surface area contributed by atoms with E-state index in [0.717, 1.165) is 70.1 Å². The summed E-state index contributed by atoms with van der Waals surface area (Å²) in [5.74, 6) is -3.06. The fraction of sp³-hybridized carbons (Fsp3) is 0.455. The van der Waals surface area contributed by atoms with Gasteiger partial charge in [-0.3, -0.25) is 19.2 Å². The number of nitrogens with one attached hydrogen (secondary N) is 1. The Balaban J connectivity index is 1.12. The molecule has 3 amide bonds. The molecule has 4 fully saturated rings. The molecule has 240 valence electrons. The maximum Gasteiger partial charge on any atom is 0.418 e. The Labute approximate surface area is 270 Å². The summed E-state index contributed by atoms with van der Waals surface area (Å²) in [5, 5.41) is 0.613. The van der Waals surface area contributed by atoms with Crippen molar-refractivity contribution >= 4 is 46.5 Å². The number of aromatic amines is 1. The number of likely N-dealkylation sites (tertiary alicyclic amines) is 1. The van der Waals surface area contributed by atoms with Gasteiger partial charge in [-0.25, -0.2) is 4.90 Å². The third kappa shape index (κ3) is 4.63. The number of nitrogens with zero attached hydrogens (tertiary/aromatic N) is 2. The Kier molecular flexibility index (Phi) is 7.13. The number of piperidine rings is 1. The SMILES string of the molecule is O=C(COc1cccc([C@@H]2c3sc(=O)[nH]c3S[C@@H]3[C@@H]4C[C@@H]([C@@H]5C(=O)N(c6ccccc6C(F)(F)F)C(=O)[C@@H]45)[C@H]23)c1)N1CCCCC1. The number of amides is 3. The van der Waals surface area contributed by atoms with E-state index in [-0.39, 0.29) is 46.3 Å². The number of hydrogen-bond donors (Lipinski definition) is 1. The van der Waals surface area contributed by atoms with E-state index in [0.29, 0.717) is 12.2 Å². The normalized spacial score (nSPS) is 29.9. The number of fused-ring (bicyclic) bond motifs is 9. The number of carbonyl (C=O) groups is 3. The number of thiazole rings is 1. The van der Waals surface area contributed by atoms with E-state index in [9.17, 15) is 32.3 Å². The lowest BCUT2D eigenvalue weighted by molar-refractivity contribution is -0.137. The number of halogens is 3. The lowest BCUT2D eigenvalue weighted by Gasteiger charge is -2.43. The van der Waals surface area contributed by atoms with Crippen LogP contribution in [0.4, 0.5) is 18.9 Å². The largest absolute Gasteiger partial charge is 0.484 e. The number of carbonyl (C=O) groups excluding carboxylic acids is 3. The Morgan fingerprint density at radius 2 is 1.70 bits per heavy atom. The lowest BCUT2D eigenvalue weighted by Crippen LogP contribution is -2.42. The van der Waals surface area contributed by atoms with Crippen molar-refractivity contribution in [2.75, 3.05) is 24.6 Å². The molecule has 0 unspecified atom stereocenters. The topological polar surface area (TPSA) is 99.8 Å². The molecule has 2 bridgehead atoms. The predicted molar refractivity (Wildman–Crippen MR) is 165 cm³/mol. The van der Waals surface area contributed by atoms with Crippen molar-refractivity contribution in [3.63, 3.8) is 0 Å². The van der Waals surface area contributed by atoms with Crippen LogP contribution in [0, 0.1) is 29.6 Å². The average molecular weight is 670 g/mol. The minimum atomic E-state index is -4.73. The first-order valence-electron chi connectivity index (χ1n) is 15.6. The number of alkyl halides is 3.